The minimum absolute atomic E-state index is 0.107. The van der Waals surface area contributed by atoms with Crippen molar-refractivity contribution in [1.82, 2.24) is 15.3 Å². The highest BCUT2D eigenvalue weighted by Crippen LogP contribution is 2.27. The van der Waals surface area contributed by atoms with Gasteiger partial charge in [-0.3, -0.25) is 4.79 Å². The molecule has 0 fully saturated rings. The van der Waals surface area contributed by atoms with Crippen LogP contribution in [0.4, 0.5) is 13.2 Å². The summed E-state index contributed by atoms with van der Waals surface area (Å²) in [5, 5.41) is 2.52. The van der Waals surface area contributed by atoms with Crippen LogP contribution >= 0.6 is 0 Å². The lowest BCUT2D eigenvalue weighted by molar-refractivity contribution is -0.145. The SMILES string of the molecule is CC(=O)NC(C)(C)c1ccnc(C(F)(F)F)n1. The van der Waals surface area contributed by atoms with Crippen molar-refractivity contribution in [2.24, 2.45) is 0 Å². The molecule has 1 rings (SSSR count). The van der Waals surface area contributed by atoms with Gasteiger partial charge in [-0.1, -0.05) is 0 Å². The number of nitrogens with zero attached hydrogens (tertiary/aromatic N) is 2. The average molecular weight is 247 g/mol. The Morgan fingerprint density at radius 1 is 1.35 bits per heavy atom. The van der Waals surface area contributed by atoms with Crippen molar-refractivity contribution in [3.8, 4) is 0 Å². The lowest BCUT2D eigenvalue weighted by atomic mass is 10.0. The van der Waals surface area contributed by atoms with Gasteiger partial charge in [-0.2, -0.15) is 13.2 Å². The second-order valence-electron chi connectivity index (χ2n) is 4.07. The van der Waals surface area contributed by atoms with Crippen LogP contribution in [0.15, 0.2) is 12.3 Å². The van der Waals surface area contributed by atoms with E-state index >= 15 is 0 Å². The first-order chi connectivity index (χ1) is 7.63. The summed E-state index contributed by atoms with van der Waals surface area (Å²) in [7, 11) is 0. The lowest BCUT2D eigenvalue weighted by Crippen LogP contribution is -2.40. The molecule has 4 nitrogen and oxygen atoms in total. The predicted molar refractivity (Wildman–Crippen MR) is 53.9 cm³/mol. The van der Waals surface area contributed by atoms with Crippen LogP contribution in [0.5, 0.6) is 0 Å². The van der Waals surface area contributed by atoms with Gasteiger partial charge in [0.15, 0.2) is 0 Å². The van der Waals surface area contributed by atoms with Gasteiger partial charge in [0.1, 0.15) is 0 Å². The minimum atomic E-state index is -4.59. The summed E-state index contributed by atoms with van der Waals surface area (Å²) in [6, 6.07) is 1.34. The molecule has 0 spiro atoms. The number of halogens is 3. The highest BCUT2D eigenvalue weighted by molar-refractivity contribution is 5.73. The maximum Gasteiger partial charge on any atom is 0.451 e. The van der Waals surface area contributed by atoms with Crippen molar-refractivity contribution in [1.29, 1.82) is 0 Å². The molecule has 0 aliphatic heterocycles. The van der Waals surface area contributed by atoms with E-state index in [2.05, 4.69) is 15.3 Å². The molecule has 17 heavy (non-hydrogen) atoms. The van der Waals surface area contributed by atoms with Crippen LogP contribution in [-0.4, -0.2) is 15.9 Å². The topological polar surface area (TPSA) is 54.9 Å². The first-order valence-electron chi connectivity index (χ1n) is 4.82. The number of amides is 1. The van der Waals surface area contributed by atoms with Gasteiger partial charge in [0.2, 0.25) is 11.7 Å². The zero-order valence-electron chi connectivity index (χ0n) is 9.59. The molecule has 7 heteroatoms. The third-order valence-corrected chi connectivity index (χ3v) is 2.04. The molecule has 1 aromatic heterocycles. The van der Waals surface area contributed by atoms with Crippen LogP contribution in [-0.2, 0) is 16.5 Å². The fraction of sp³-hybridized carbons (Fsp3) is 0.500. The van der Waals surface area contributed by atoms with Crippen molar-refractivity contribution < 1.29 is 18.0 Å². The number of carbonyl (C=O) groups excluding carboxylic acids is 1. The number of rotatable bonds is 2. The summed E-state index contributed by atoms with van der Waals surface area (Å²) in [5.41, 5.74) is -0.871. The molecule has 0 aliphatic carbocycles. The fourth-order valence-electron chi connectivity index (χ4n) is 1.35. The van der Waals surface area contributed by atoms with Crippen molar-refractivity contribution in [2.75, 3.05) is 0 Å². The van der Waals surface area contributed by atoms with Crippen LogP contribution in [0.1, 0.15) is 32.3 Å². The molecule has 0 bridgehead atoms. The zero-order chi connectivity index (χ0) is 13.3. The van der Waals surface area contributed by atoms with E-state index in [9.17, 15) is 18.0 Å². The largest absolute Gasteiger partial charge is 0.451 e. The van der Waals surface area contributed by atoms with Gasteiger partial charge in [-0.25, -0.2) is 9.97 Å². The van der Waals surface area contributed by atoms with Crippen LogP contribution in [0.3, 0.4) is 0 Å². The quantitative estimate of drug-likeness (QED) is 0.867. The first-order valence-corrected chi connectivity index (χ1v) is 4.82. The number of carbonyl (C=O) groups is 1. The summed E-state index contributed by atoms with van der Waals surface area (Å²) >= 11 is 0. The van der Waals surface area contributed by atoms with E-state index in [0.29, 0.717) is 0 Å². The molecule has 0 atom stereocenters. The Morgan fingerprint density at radius 3 is 2.41 bits per heavy atom. The Hall–Kier alpha value is -1.66. The third kappa shape index (κ3) is 3.40. The molecule has 0 saturated heterocycles. The van der Waals surface area contributed by atoms with E-state index in [1.165, 1.54) is 13.0 Å². The maximum absolute atomic E-state index is 12.4. The molecular weight excluding hydrogens is 235 g/mol. The molecule has 1 heterocycles. The van der Waals surface area contributed by atoms with Crippen LogP contribution in [0, 0.1) is 0 Å². The molecule has 1 aromatic rings. The lowest BCUT2D eigenvalue weighted by Gasteiger charge is -2.25. The number of hydrogen-bond acceptors (Lipinski definition) is 3. The number of nitrogens with one attached hydrogen (secondary N) is 1. The first kappa shape index (κ1) is 13.4. The van der Waals surface area contributed by atoms with Crippen molar-refractivity contribution >= 4 is 5.91 Å². The van der Waals surface area contributed by atoms with Gasteiger partial charge in [-0.05, 0) is 19.9 Å². The summed E-state index contributed by atoms with van der Waals surface area (Å²) in [6.07, 6.45) is -3.57. The normalized spacial score (nSPS) is 12.4. The van der Waals surface area contributed by atoms with Gasteiger partial charge >= 0.3 is 6.18 Å². The van der Waals surface area contributed by atoms with Crippen molar-refractivity contribution in [3.05, 3.63) is 23.8 Å². The van der Waals surface area contributed by atoms with Gasteiger partial charge in [0, 0.05) is 13.1 Å². The fourth-order valence-corrected chi connectivity index (χ4v) is 1.35. The van der Waals surface area contributed by atoms with E-state index in [-0.39, 0.29) is 11.6 Å². The van der Waals surface area contributed by atoms with E-state index < -0.39 is 17.5 Å². The Kier molecular flexibility index (Phi) is 3.40. The highest BCUT2D eigenvalue weighted by atomic mass is 19.4. The molecule has 94 valence electrons. The maximum atomic E-state index is 12.4. The molecule has 1 amide bonds. The smallest absolute Gasteiger partial charge is 0.346 e. The minimum Gasteiger partial charge on any atom is -0.346 e. The molecule has 1 N–H and O–H groups in total. The molecule has 0 radical (unpaired) electrons. The van der Waals surface area contributed by atoms with Crippen molar-refractivity contribution in [3.63, 3.8) is 0 Å². The van der Waals surface area contributed by atoms with Crippen LogP contribution in [0.25, 0.3) is 0 Å². The Balaban J connectivity index is 3.11. The summed E-state index contributed by atoms with van der Waals surface area (Å²) in [4.78, 5) is 17.5. The van der Waals surface area contributed by atoms with Gasteiger partial charge < -0.3 is 5.32 Å². The van der Waals surface area contributed by atoms with E-state index in [1.54, 1.807) is 13.8 Å². The Labute approximate surface area is 96.3 Å². The van der Waals surface area contributed by atoms with Crippen LogP contribution in [0.2, 0.25) is 0 Å². The van der Waals surface area contributed by atoms with Crippen LogP contribution < -0.4 is 5.32 Å². The highest BCUT2D eigenvalue weighted by Gasteiger charge is 2.36. The monoisotopic (exact) mass is 247 g/mol. The van der Waals surface area contributed by atoms with E-state index in [4.69, 9.17) is 0 Å². The summed E-state index contributed by atoms with van der Waals surface area (Å²) < 4.78 is 37.2. The van der Waals surface area contributed by atoms with E-state index in [1.807, 2.05) is 0 Å². The Bertz CT molecular complexity index is 429. The number of alkyl halides is 3. The van der Waals surface area contributed by atoms with Crippen molar-refractivity contribution in [2.45, 2.75) is 32.5 Å². The molecule has 0 saturated carbocycles. The van der Waals surface area contributed by atoms with E-state index in [0.717, 1.165) is 6.20 Å². The molecule has 0 unspecified atom stereocenters. The van der Waals surface area contributed by atoms with Gasteiger partial charge in [0.25, 0.3) is 0 Å². The standard InChI is InChI=1S/C10H12F3N3O/c1-6(17)16-9(2,3)7-4-5-14-8(15-7)10(11,12)13/h4-5H,1-3H3,(H,16,17). The number of hydrogen-bond donors (Lipinski definition) is 1. The Morgan fingerprint density at radius 2 is 1.94 bits per heavy atom. The van der Waals surface area contributed by atoms with Gasteiger partial charge in [-0.15, -0.1) is 0 Å². The average Bonchev–Trinajstić information content (AvgIpc) is 2.14. The predicted octanol–water partition coefficient (Wildman–Crippen LogP) is 1.87. The zero-order valence-corrected chi connectivity index (χ0v) is 9.59. The van der Waals surface area contributed by atoms with Gasteiger partial charge in [0.05, 0.1) is 11.2 Å². The number of aromatic nitrogens is 2. The molecular formula is C10H12F3N3O. The second kappa shape index (κ2) is 4.31. The molecule has 0 aliphatic rings. The summed E-state index contributed by atoms with van der Waals surface area (Å²) in [5.74, 6) is -1.56. The second-order valence-corrected chi connectivity index (χ2v) is 4.07. The summed E-state index contributed by atoms with van der Waals surface area (Å²) in [6.45, 7) is 4.42. The molecule has 0 aromatic carbocycles. The third-order valence-electron chi connectivity index (χ3n) is 2.04.